The summed E-state index contributed by atoms with van der Waals surface area (Å²) in [4.78, 5) is 37.3. The summed E-state index contributed by atoms with van der Waals surface area (Å²) in [6.45, 7) is 3.85. The van der Waals surface area contributed by atoms with E-state index in [0.29, 0.717) is 5.69 Å². The molecule has 1 saturated heterocycles. The van der Waals surface area contributed by atoms with Crippen LogP contribution < -0.4 is 10.2 Å². The Balaban J connectivity index is 1.69. The molecule has 1 N–H and O–H groups in total. The van der Waals surface area contributed by atoms with Crippen LogP contribution in [0.2, 0.25) is 0 Å². The van der Waals surface area contributed by atoms with Crippen LogP contribution in [0.25, 0.3) is 0 Å². The Kier molecular flexibility index (Phi) is 7.10. The van der Waals surface area contributed by atoms with E-state index in [2.05, 4.69) is 5.32 Å². The standard InChI is InChI=1S/C22H23FN2O4S/c1-3-29-21(28)11-10-19(26)24-16-7-5-15(6-8-16)22-25(20(27)13-30-22)18-12-14(2)4-9-17(18)23/h4-9,12,22H,3,10-11,13H2,1-2H3,(H,24,26)/t22-/m1/s1. The third-order valence-electron chi connectivity index (χ3n) is 4.57. The van der Waals surface area contributed by atoms with Gasteiger partial charge in [-0.25, -0.2) is 4.39 Å². The minimum Gasteiger partial charge on any atom is -0.466 e. The molecule has 2 aromatic carbocycles. The van der Waals surface area contributed by atoms with Crippen molar-refractivity contribution in [1.29, 1.82) is 0 Å². The lowest BCUT2D eigenvalue weighted by Gasteiger charge is -2.25. The Morgan fingerprint density at radius 2 is 1.93 bits per heavy atom. The van der Waals surface area contributed by atoms with E-state index in [1.54, 1.807) is 43.3 Å². The van der Waals surface area contributed by atoms with Gasteiger partial charge in [-0.05, 0) is 49.2 Å². The second-order valence-electron chi connectivity index (χ2n) is 6.86. The highest BCUT2D eigenvalue weighted by molar-refractivity contribution is 8.00. The second-order valence-corrected chi connectivity index (χ2v) is 7.93. The highest BCUT2D eigenvalue weighted by Gasteiger charge is 2.35. The van der Waals surface area contributed by atoms with Gasteiger partial charge >= 0.3 is 5.97 Å². The van der Waals surface area contributed by atoms with E-state index in [-0.39, 0.29) is 48.1 Å². The molecule has 2 amide bonds. The predicted molar refractivity (Wildman–Crippen MR) is 115 cm³/mol. The molecular weight excluding hydrogens is 407 g/mol. The average Bonchev–Trinajstić information content (AvgIpc) is 3.10. The van der Waals surface area contributed by atoms with Gasteiger partial charge in [0.15, 0.2) is 0 Å². The van der Waals surface area contributed by atoms with Gasteiger partial charge in [0, 0.05) is 12.1 Å². The average molecular weight is 431 g/mol. The number of aryl methyl sites for hydroxylation is 1. The minimum atomic E-state index is -0.438. The number of anilines is 2. The summed E-state index contributed by atoms with van der Waals surface area (Å²) >= 11 is 1.43. The molecule has 1 heterocycles. The molecule has 3 rings (SSSR count). The monoisotopic (exact) mass is 430 g/mol. The molecule has 0 aromatic heterocycles. The van der Waals surface area contributed by atoms with Crippen molar-refractivity contribution in [3.8, 4) is 0 Å². The van der Waals surface area contributed by atoms with E-state index in [1.807, 2.05) is 6.92 Å². The highest BCUT2D eigenvalue weighted by Crippen LogP contribution is 2.42. The summed E-state index contributed by atoms with van der Waals surface area (Å²) in [5.74, 6) is -1.01. The Morgan fingerprint density at radius 1 is 1.20 bits per heavy atom. The number of ether oxygens (including phenoxy) is 1. The van der Waals surface area contributed by atoms with Crippen LogP contribution in [0.1, 0.15) is 36.3 Å². The topological polar surface area (TPSA) is 75.7 Å². The smallest absolute Gasteiger partial charge is 0.306 e. The van der Waals surface area contributed by atoms with Crippen molar-refractivity contribution in [3.05, 3.63) is 59.4 Å². The van der Waals surface area contributed by atoms with Crippen molar-refractivity contribution >= 4 is 40.9 Å². The SMILES string of the molecule is CCOC(=O)CCC(=O)Nc1ccc([C@H]2SCC(=O)N2c2cc(C)ccc2F)cc1. The molecule has 1 aliphatic rings. The number of nitrogens with one attached hydrogen (secondary N) is 1. The van der Waals surface area contributed by atoms with Gasteiger partial charge < -0.3 is 10.1 Å². The number of nitrogens with zero attached hydrogens (tertiary/aromatic N) is 1. The van der Waals surface area contributed by atoms with E-state index in [4.69, 9.17) is 4.74 Å². The zero-order valence-electron chi connectivity index (χ0n) is 16.8. The summed E-state index contributed by atoms with van der Waals surface area (Å²) in [6.07, 6.45) is 0.0591. The zero-order valence-corrected chi connectivity index (χ0v) is 17.6. The fraction of sp³-hybridized carbons (Fsp3) is 0.318. The van der Waals surface area contributed by atoms with Crippen LogP contribution in [0, 0.1) is 12.7 Å². The van der Waals surface area contributed by atoms with Gasteiger partial charge in [0.1, 0.15) is 11.2 Å². The molecule has 0 aliphatic carbocycles. The van der Waals surface area contributed by atoms with Crippen molar-refractivity contribution in [3.63, 3.8) is 0 Å². The molecule has 30 heavy (non-hydrogen) atoms. The maximum absolute atomic E-state index is 14.4. The molecule has 8 heteroatoms. The third kappa shape index (κ3) is 5.18. The molecule has 158 valence electrons. The van der Waals surface area contributed by atoms with Crippen molar-refractivity contribution in [2.75, 3.05) is 22.6 Å². The first-order chi connectivity index (χ1) is 14.4. The van der Waals surface area contributed by atoms with E-state index in [9.17, 15) is 18.8 Å². The molecule has 6 nitrogen and oxygen atoms in total. The van der Waals surface area contributed by atoms with Gasteiger partial charge in [0.25, 0.3) is 0 Å². The first-order valence-corrected chi connectivity index (χ1v) is 10.7. The third-order valence-corrected chi connectivity index (χ3v) is 5.78. The van der Waals surface area contributed by atoms with Crippen molar-refractivity contribution in [2.24, 2.45) is 0 Å². The lowest BCUT2D eigenvalue weighted by atomic mass is 10.1. The molecule has 1 atom stereocenters. The maximum Gasteiger partial charge on any atom is 0.306 e. The van der Waals surface area contributed by atoms with Crippen LogP contribution in [0.4, 0.5) is 15.8 Å². The zero-order chi connectivity index (χ0) is 21.7. The maximum atomic E-state index is 14.4. The Labute approximate surface area is 178 Å². The van der Waals surface area contributed by atoms with E-state index in [0.717, 1.165) is 11.1 Å². The number of thioether (sulfide) groups is 1. The van der Waals surface area contributed by atoms with Crippen LogP contribution in [-0.2, 0) is 19.1 Å². The van der Waals surface area contributed by atoms with Crippen molar-refractivity contribution in [2.45, 2.75) is 32.1 Å². The van der Waals surface area contributed by atoms with Crippen LogP contribution >= 0.6 is 11.8 Å². The Bertz CT molecular complexity index is 949. The molecule has 0 unspecified atom stereocenters. The molecule has 0 bridgehead atoms. The van der Waals surface area contributed by atoms with Gasteiger partial charge in [-0.3, -0.25) is 19.3 Å². The summed E-state index contributed by atoms with van der Waals surface area (Å²) in [5.41, 5.74) is 2.55. The van der Waals surface area contributed by atoms with Crippen molar-refractivity contribution in [1.82, 2.24) is 0 Å². The number of benzene rings is 2. The molecule has 1 aliphatic heterocycles. The summed E-state index contributed by atoms with van der Waals surface area (Å²) in [6, 6.07) is 11.8. The molecule has 2 aromatic rings. The molecular formula is C22H23FN2O4S. The summed E-state index contributed by atoms with van der Waals surface area (Å²) < 4.78 is 19.2. The number of carbonyl (C=O) groups is 3. The fourth-order valence-corrected chi connectivity index (χ4v) is 4.31. The largest absolute Gasteiger partial charge is 0.466 e. The van der Waals surface area contributed by atoms with Crippen LogP contribution in [0.15, 0.2) is 42.5 Å². The first-order valence-electron chi connectivity index (χ1n) is 9.64. The number of rotatable bonds is 7. The number of esters is 1. The predicted octanol–water partition coefficient (Wildman–Crippen LogP) is 4.19. The Morgan fingerprint density at radius 3 is 2.63 bits per heavy atom. The quantitative estimate of drug-likeness (QED) is 0.667. The molecule has 0 saturated carbocycles. The van der Waals surface area contributed by atoms with Crippen LogP contribution in [0.5, 0.6) is 0 Å². The number of carbonyl (C=O) groups excluding carboxylic acids is 3. The van der Waals surface area contributed by atoms with Gasteiger partial charge in [-0.1, -0.05) is 18.2 Å². The highest BCUT2D eigenvalue weighted by atomic mass is 32.2. The number of halogens is 1. The first kappa shape index (κ1) is 21.8. The lowest BCUT2D eigenvalue weighted by Crippen LogP contribution is -2.28. The second kappa shape index (κ2) is 9.75. The fourth-order valence-electron chi connectivity index (χ4n) is 3.14. The molecule has 1 fully saturated rings. The normalized spacial score (nSPS) is 15.9. The van der Waals surface area contributed by atoms with E-state index >= 15 is 0 Å². The minimum absolute atomic E-state index is 0.0234. The van der Waals surface area contributed by atoms with Gasteiger partial charge in [-0.2, -0.15) is 0 Å². The van der Waals surface area contributed by atoms with Gasteiger partial charge in [-0.15, -0.1) is 11.8 Å². The van der Waals surface area contributed by atoms with E-state index < -0.39 is 11.8 Å². The van der Waals surface area contributed by atoms with Crippen LogP contribution in [-0.4, -0.2) is 30.1 Å². The lowest BCUT2D eigenvalue weighted by molar-refractivity contribution is -0.144. The van der Waals surface area contributed by atoms with Crippen LogP contribution in [0.3, 0.4) is 0 Å². The van der Waals surface area contributed by atoms with Crippen molar-refractivity contribution < 1.29 is 23.5 Å². The Hall–Kier alpha value is -2.87. The summed E-state index contributed by atoms with van der Waals surface area (Å²) in [5, 5.41) is 2.39. The molecule has 0 spiro atoms. The van der Waals surface area contributed by atoms with Gasteiger partial charge in [0.05, 0.1) is 24.5 Å². The molecule has 0 radical (unpaired) electrons. The number of hydrogen-bond acceptors (Lipinski definition) is 5. The van der Waals surface area contributed by atoms with Gasteiger partial charge in [0.2, 0.25) is 11.8 Å². The van der Waals surface area contributed by atoms with E-state index in [1.165, 1.54) is 22.7 Å². The number of amides is 2. The number of hydrogen-bond donors (Lipinski definition) is 1. The summed E-state index contributed by atoms with van der Waals surface area (Å²) in [7, 11) is 0.